The molecule has 19 heavy (non-hydrogen) atoms. The van der Waals surface area contributed by atoms with E-state index in [1.54, 1.807) is 13.1 Å². The van der Waals surface area contributed by atoms with Crippen molar-refractivity contribution in [3.8, 4) is 0 Å². The molecule has 0 unspecified atom stereocenters. The molecule has 0 saturated heterocycles. The zero-order valence-corrected chi connectivity index (χ0v) is 12.5. The predicted octanol–water partition coefficient (Wildman–Crippen LogP) is 3.18. The lowest BCUT2D eigenvalue weighted by atomic mass is 10.2. The topological polar surface area (TPSA) is 44.1 Å². The van der Waals surface area contributed by atoms with Gasteiger partial charge in [-0.05, 0) is 53.5 Å². The minimum Gasteiger partial charge on any atom is -0.461 e. The normalized spacial score (nSPS) is 10.5. The van der Waals surface area contributed by atoms with Crippen LogP contribution in [0.25, 0.3) is 0 Å². The molecule has 2 aromatic heterocycles. The van der Waals surface area contributed by atoms with Gasteiger partial charge < -0.3 is 9.30 Å². The maximum absolute atomic E-state index is 11.9. The largest absolute Gasteiger partial charge is 0.461 e. The van der Waals surface area contributed by atoms with Crippen molar-refractivity contribution in [3.63, 3.8) is 0 Å². The molecule has 100 valence electrons. The molecular weight excluding hydrogens is 308 g/mol. The van der Waals surface area contributed by atoms with Crippen molar-refractivity contribution in [3.05, 3.63) is 52.0 Å². The van der Waals surface area contributed by atoms with Gasteiger partial charge in [-0.3, -0.25) is 4.98 Å². The van der Waals surface area contributed by atoms with E-state index in [9.17, 15) is 4.79 Å². The van der Waals surface area contributed by atoms with Gasteiger partial charge in [0.15, 0.2) is 0 Å². The second-order valence-electron chi connectivity index (χ2n) is 4.16. The molecule has 0 aliphatic heterocycles. The minimum atomic E-state index is -0.290. The van der Waals surface area contributed by atoms with Crippen molar-refractivity contribution in [2.75, 3.05) is 6.61 Å². The van der Waals surface area contributed by atoms with Crippen molar-refractivity contribution >= 4 is 21.9 Å². The summed E-state index contributed by atoms with van der Waals surface area (Å²) >= 11 is 3.35. The number of hydrogen-bond donors (Lipinski definition) is 0. The van der Waals surface area contributed by atoms with Gasteiger partial charge in [-0.1, -0.05) is 0 Å². The second kappa shape index (κ2) is 6.02. The molecule has 0 bridgehead atoms. The SMILES string of the molecule is CCOC(=O)c1c(C)ccn1Cc1ccc(Br)cn1. The number of ether oxygens (including phenoxy) is 1. The van der Waals surface area contributed by atoms with Crippen molar-refractivity contribution in [2.45, 2.75) is 20.4 Å². The monoisotopic (exact) mass is 322 g/mol. The van der Waals surface area contributed by atoms with Crippen LogP contribution in [-0.4, -0.2) is 22.1 Å². The highest BCUT2D eigenvalue weighted by atomic mass is 79.9. The molecule has 5 heteroatoms. The maximum atomic E-state index is 11.9. The minimum absolute atomic E-state index is 0.290. The van der Waals surface area contributed by atoms with E-state index in [0.29, 0.717) is 18.8 Å². The van der Waals surface area contributed by atoms with Gasteiger partial charge >= 0.3 is 5.97 Å². The van der Waals surface area contributed by atoms with E-state index in [4.69, 9.17) is 4.74 Å². The first kappa shape index (κ1) is 13.8. The van der Waals surface area contributed by atoms with Crippen molar-refractivity contribution in [1.82, 2.24) is 9.55 Å². The average molecular weight is 323 g/mol. The summed E-state index contributed by atoms with van der Waals surface area (Å²) in [5.41, 5.74) is 2.39. The van der Waals surface area contributed by atoms with Gasteiger partial charge in [0.1, 0.15) is 5.69 Å². The summed E-state index contributed by atoms with van der Waals surface area (Å²) in [6.45, 7) is 4.63. The summed E-state index contributed by atoms with van der Waals surface area (Å²) in [7, 11) is 0. The molecule has 0 aliphatic carbocycles. The van der Waals surface area contributed by atoms with E-state index >= 15 is 0 Å². The number of esters is 1. The molecule has 0 saturated carbocycles. The molecule has 0 radical (unpaired) electrons. The van der Waals surface area contributed by atoms with Crippen molar-refractivity contribution in [2.24, 2.45) is 0 Å². The van der Waals surface area contributed by atoms with Gasteiger partial charge in [0.2, 0.25) is 0 Å². The second-order valence-corrected chi connectivity index (χ2v) is 5.08. The van der Waals surface area contributed by atoms with Crippen LogP contribution in [0.15, 0.2) is 35.1 Å². The van der Waals surface area contributed by atoms with Crippen LogP contribution in [0.5, 0.6) is 0 Å². The Balaban J connectivity index is 2.25. The van der Waals surface area contributed by atoms with E-state index in [0.717, 1.165) is 15.7 Å². The van der Waals surface area contributed by atoms with Crippen LogP contribution in [0.2, 0.25) is 0 Å². The van der Waals surface area contributed by atoms with Crippen LogP contribution in [0.1, 0.15) is 28.7 Å². The highest BCUT2D eigenvalue weighted by Gasteiger charge is 2.16. The number of pyridine rings is 1. The third-order valence-corrected chi connectivity index (χ3v) is 3.22. The lowest BCUT2D eigenvalue weighted by Crippen LogP contribution is -2.14. The molecule has 4 nitrogen and oxygen atoms in total. The zero-order chi connectivity index (χ0) is 13.8. The standard InChI is InChI=1S/C14H15BrN2O2/c1-3-19-14(18)13-10(2)6-7-17(13)9-12-5-4-11(15)8-16-12/h4-8H,3,9H2,1-2H3. The van der Waals surface area contributed by atoms with Gasteiger partial charge in [0.05, 0.1) is 18.8 Å². The summed E-state index contributed by atoms with van der Waals surface area (Å²) in [5.74, 6) is -0.290. The Morgan fingerprint density at radius 2 is 2.21 bits per heavy atom. The highest BCUT2D eigenvalue weighted by molar-refractivity contribution is 9.10. The number of aromatic nitrogens is 2. The summed E-state index contributed by atoms with van der Waals surface area (Å²) in [4.78, 5) is 16.2. The Morgan fingerprint density at radius 1 is 1.42 bits per heavy atom. The quantitative estimate of drug-likeness (QED) is 0.812. The fourth-order valence-corrected chi connectivity index (χ4v) is 2.10. The molecule has 2 aromatic rings. The molecule has 0 amide bonds. The first-order valence-corrected chi connectivity index (χ1v) is 6.84. The maximum Gasteiger partial charge on any atom is 0.355 e. The van der Waals surface area contributed by atoms with Crippen LogP contribution in [0.4, 0.5) is 0 Å². The lowest BCUT2D eigenvalue weighted by Gasteiger charge is -2.09. The predicted molar refractivity (Wildman–Crippen MR) is 76.2 cm³/mol. The number of hydrogen-bond acceptors (Lipinski definition) is 3. The van der Waals surface area contributed by atoms with E-state index < -0.39 is 0 Å². The first-order chi connectivity index (χ1) is 9.11. The third-order valence-electron chi connectivity index (χ3n) is 2.75. The first-order valence-electron chi connectivity index (χ1n) is 6.05. The van der Waals surface area contributed by atoms with Crippen LogP contribution in [0.3, 0.4) is 0 Å². The smallest absolute Gasteiger partial charge is 0.355 e. The highest BCUT2D eigenvalue weighted by Crippen LogP contribution is 2.14. The van der Waals surface area contributed by atoms with E-state index in [2.05, 4.69) is 20.9 Å². The number of nitrogens with zero attached hydrogens (tertiary/aromatic N) is 2. The van der Waals surface area contributed by atoms with Crippen molar-refractivity contribution < 1.29 is 9.53 Å². The summed E-state index contributed by atoms with van der Waals surface area (Å²) in [6.07, 6.45) is 3.63. The fourth-order valence-electron chi connectivity index (χ4n) is 1.87. The van der Waals surface area contributed by atoms with E-state index in [-0.39, 0.29) is 5.97 Å². The number of rotatable bonds is 4. The molecule has 0 N–H and O–H groups in total. The average Bonchev–Trinajstić information content (AvgIpc) is 2.74. The molecule has 0 aromatic carbocycles. The third kappa shape index (κ3) is 3.23. The van der Waals surface area contributed by atoms with Crippen LogP contribution in [0, 0.1) is 6.92 Å². The number of carbonyl (C=O) groups is 1. The summed E-state index contributed by atoms with van der Waals surface area (Å²) < 4.78 is 7.88. The van der Waals surface area contributed by atoms with E-state index in [1.165, 1.54) is 0 Å². The zero-order valence-electron chi connectivity index (χ0n) is 10.9. The van der Waals surface area contributed by atoms with Gasteiger partial charge in [-0.2, -0.15) is 0 Å². The van der Waals surface area contributed by atoms with Gasteiger partial charge in [0.25, 0.3) is 0 Å². The molecule has 0 fully saturated rings. The lowest BCUT2D eigenvalue weighted by molar-refractivity contribution is 0.0513. The summed E-state index contributed by atoms with van der Waals surface area (Å²) in [5, 5.41) is 0. The van der Waals surface area contributed by atoms with Gasteiger partial charge in [0, 0.05) is 16.9 Å². The molecule has 2 heterocycles. The Hall–Kier alpha value is -1.62. The number of halogens is 1. The Morgan fingerprint density at radius 3 is 2.84 bits per heavy atom. The van der Waals surface area contributed by atoms with Crippen molar-refractivity contribution in [1.29, 1.82) is 0 Å². The van der Waals surface area contributed by atoms with Crippen LogP contribution >= 0.6 is 15.9 Å². The molecule has 0 aliphatic rings. The summed E-state index contributed by atoms with van der Waals surface area (Å²) in [6, 6.07) is 5.77. The van der Waals surface area contributed by atoms with Gasteiger partial charge in [-0.25, -0.2) is 4.79 Å². The Kier molecular flexibility index (Phi) is 4.37. The van der Waals surface area contributed by atoms with Crippen LogP contribution in [-0.2, 0) is 11.3 Å². The molecular formula is C14H15BrN2O2. The number of carbonyl (C=O) groups excluding carboxylic acids is 1. The van der Waals surface area contributed by atoms with Gasteiger partial charge in [-0.15, -0.1) is 0 Å². The van der Waals surface area contributed by atoms with E-state index in [1.807, 2.05) is 35.9 Å². The Labute approximate surface area is 120 Å². The Bertz CT molecular complexity index is 576. The number of aryl methyl sites for hydroxylation is 1. The fraction of sp³-hybridized carbons (Fsp3) is 0.286. The molecule has 2 rings (SSSR count). The molecule has 0 spiro atoms. The van der Waals surface area contributed by atoms with Crippen LogP contribution < -0.4 is 0 Å². The molecule has 0 atom stereocenters.